The number of fused-ring (bicyclic) bond motifs is 11. The van der Waals surface area contributed by atoms with Gasteiger partial charge in [0.05, 0.1) is 27.8 Å². The summed E-state index contributed by atoms with van der Waals surface area (Å²) in [5.74, 6) is 0. The van der Waals surface area contributed by atoms with E-state index in [2.05, 4.69) is 250 Å². The number of anilines is 3. The van der Waals surface area contributed by atoms with Gasteiger partial charge in [-0.15, -0.1) is 0 Å². The van der Waals surface area contributed by atoms with Crippen LogP contribution >= 0.6 is 0 Å². The summed E-state index contributed by atoms with van der Waals surface area (Å²) in [6.45, 7) is 14.0. The van der Waals surface area contributed by atoms with E-state index < -0.39 is 0 Å². The quantitative estimate of drug-likeness (QED) is 0.157. The summed E-state index contributed by atoms with van der Waals surface area (Å²) >= 11 is 0. The minimum absolute atomic E-state index is 0.0170. The Morgan fingerprint density at radius 3 is 1.46 bits per heavy atom. The van der Waals surface area contributed by atoms with Gasteiger partial charge in [0.1, 0.15) is 0 Å². The van der Waals surface area contributed by atoms with Crippen LogP contribution in [0.5, 0.6) is 0 Å². The third kappa shape index (κ3) is 5.04. The molecule has 74 heavy (non-hydrogen) atoms. The highest BCUT2D eigenvalue weighted by Crippen LogP contribution is 2.53. The number of rotatable bonds is 2. The lowest BCUT2D eigenvalue weighted by atomic mass is 9.33. The van der Waals surface area contributed by atoms with Crippen molar-refractivity contribution in [3.05, 3.63) is 205 Å². The summed E-state index contributed by atoms with van der Waals surface area (Å²) in [5, 5.41) is 10.5. The van der Waals surface area contributed by atoms with Crippen molar-refractivity contribution in [2.45, 2.75) is 52.4 Å². The van der Waals surface area contributed by atoms with Gasteiger partial charge in [-0.1, -0.05) is 187 Å². The predicted octanol–water partition coefficient (Wildman–Crippen LogP) is 16.7. The van der Waals surface area contributed by atoms with E-state index in [9.17, 15) is 0 Å². The van der Waals surface area contributed by atoms with E-state index in [0.29, 0.717) is 0 Å². The van der Waals surface area contributed by atoms with Crippen LogP contribution in [0, 0.1) is 0 Å². The zero-order valence-corrected chi connectivity index (χ0v) is 42.4. The van der Waals surface area contributed by atoms with Crippen LogP contribution in [-0.2, 0) is 10.8 Å². The number of nitrogens with zero attached hydrogens (tertiary/aromatic N) is 3. The summed E-state index contributed by atoms with van der Waals surface area (Å²) in [6, 6.07) is 75.3. The van der Waals surface area contributed by atoms with E-state index in [4.69, 9.17) is 0 Å². The van der Waals surface area contributed by atoms with Gasteiger partial charge in [-0.2, -0.15) is 0 Å². The van der Waals surface area contributed by atoms with Gasteiger partial charge < -0.3 is 14.0 Å². The summed E-state index contributed by atoms with van der Waals surface area (Å²) in [6.07, 6.45) is 0. The van der Waals surface area contributed by atoms with Crippen LogP contribution in [0.4, 0.5) is 17.1 Å². The molecule has 0 amide bonds. The molecule has 2 aliphatic heterocycles. The number of hydrogen-bond donors (Lipinski definition) is 0. The van der Waals surface area contributed by atoms with Crippen LogP contribution in [-0.4, -0.2) is 15.8 Å². The van der Waals surface area contributed by atoms with Crippen LogP contribution in [0.3, 0.4) is 0 Å². The first-order valence-electron chi connectivity index (χ1n) is 26.5. The van der Waals surface area contributed by atoms with Gasteiger partial charge in [0.15, 0.2) is 0 Å². The lowest BCUT2D eigenvalue weighted by Gasteiger charge is -2.41. The van der Waals surface area contributed by atoms with E-state index in [1.54, 1.807) is 0 Å². The van der Waals surface area contributed by atoms with E-state index >= 15 is 0 Å². The Balaban J connectivity index is 1.07. The molecule has 13 aromatic rings. The Morgan fingerprint density at radius 2 is 0.838 bits per heavy atom. The Labute approximate surface area is 430 Å². The summed E-state index contributed by atoms with van der Waals surface area (Å²) < 4.78 is 5.29. The average molecular weight is 944 g/mol. The number of benzene rings is 11. The van der Waals surface area contributed by atoms with Crippen molar-refractivity contribution in [1.29, 1.82) is 0 Å². The molecular formula is C70H50BN3. The molecular weight excluding hydrogens is 894 g/mol. The predicted molar refractivity (Wildman–Crippen MR) is 316 cm³/mol. The van der Waals surface area contributed by atoms with Gasteiger partial charge in [0.2, 0.25) is 0 Å². The minimum Gasteiger partial charge on any atom is -0.311 e. The van der Waals surface area contributed by atoms with Crippen molar-refractivity contribution in [2.75, 3.05) is 4.90 Å². The molecule has 17 rings (SSSR count). The highest BCUT2D eigenvalue weighted by molar-refractivity contribution is 7.00. The van der Waals surface area contributed by atoms with Crippen molar-refractivity contribution >= 4 is 105 Å². The third-order valence-electron chi connectivity index (χ3n) is 17.7. The highest BCUT2D eigenvalue weighted by atomic mass is 15.2. The molecule has 2 aliphatic carbocycles. The van der Waals surface area contributed by atoms with Crippen molar-refractivity contribution in [1.82, 2.24) is 9.13 Å². The molecule has 4 aliphatic rings. The summed E-state index contributed by atoms with van der Waals surface area (Å²) in [5.41, 5.74) is 28.1. The maximum Gasteiger partial charge on any atom is 0.252 e. The second-order valence-corrected chi connectivity index (χ2v) is 23.6. The van der Waals surface area contributed by atoms with Gasteiger partial charge >= 0.3 is 0 Å². The fourth-order valence-corrected chi connectivity index (χ4v) is 14.4. The van der Waals surface area contributed by atoms with Crippen LogP contribution < -0.4 is 21.3 Å². The van der Waals surface area contributed by atoms with E-state index in [1.165, 1.54) is 154 Å². The molecule has 0 saturated heterocycles. The molecule has 0 radical (unpaired) electrons. The third-order valence-corrected chi connectivity index (χ3v) is 17.7. The van der Waals surface area contributed by atoms with Gasteiger partial charge in [-0.25, -0.2) is 0 Å². The molecule has 0 N–H and O–H groups in total. The Kier molecular flexibility index (Phi) is 7.59. The Hall–Kier alpha value is -8.60. The molecule has 0 atom stereocenters. The van der Waals surface area contributed by atoms with E-state index in [-0.39, 0.29) is 17.5 Å². The molecule has 0 fully saturated rings. The second kappa shape index (κ2) is 13.7. The normalized spacial score (nSPS) is 13.8. The maximum atomic E-state index is 2.69. The molecule has 4 heteroatoms. The zero-order valence-electron chi connectivity index (χ0n) is 42.4. The Bertz CT molecular complexity index is 4740. The average Bonchev–Trinajstić information content (AvgIpc) is 3.90. The monoisotopic (exact) mass is 943 g/mol. The summed E-state index contributed by atoms with van der Waals surface area (Å²) in [4.78, 5) is 2.61. The molecule has 11 aromatic carbocycles. The lowest BCUT2D eigenvalue weighted by Crippen LogP contribution is -2.60. The van der Waals surface area contributed by atoms with Crippen molar-refractivity contribution in [2.24, 2.45) is 0 Å². The smallest absolute Gasteiger partial charge is 0.252 e. The first kappa shape index (κ1) is 40.9. The molecule has 4 heterocycles. The van der Waals surface area contributed by atoms with Crippen molar-refractivity contribution in [3.8, 4) is 55.9 Å². The van der Waals surface area contributed by atoms with Crippen LogP contribution in [0.25, 0.3) is 121 Å². The van der Waals surface area contributed by atoms with Gasteiger partial charge in [-0.05, 0) is 153 Å². The molecule has 0 unspecified atom stereocenters. The second-order valence-electron chi connectivity index (χ2n) is 23.6. The highest BCUT2D eigenvalue weighted by Gasteiger charge is 2.44. The topological polar surface area (TPSA) is 13.1 Å². The largest absolute Gasteiger partial charge is 0.311 e. The molecule has 0 spiro atoms. The number of hydrogen-bond acceptors (Lipinski definition) is 1. The summed E-state index contributed by atoms with van der Waals surface area (Å²) in [7, 11) is 0. The lowest BCUT2D eigenvalue weighted by molar-refractivity contribution is 0.590. The molecule has 348 valence electrons. The molecule has 0 saturated carbocycles. The van der Waals surface area contributed by atoms with Gasteiger partial charge in [0.25, 0.3) is 6.71 Å². The van der Waals surface area contributed by atoms with Crippen LogP contribution in [0.15, 0.2) is 194 Å². The Morgan fingerprint density at radius 1 is 0.324 bits per heavy atom. The van der Waals surface area contributed by atoms with E-state index in [1.807, 2.05) is 0 Å². The van der Waals surface area contributed by atoms with Crippen LogP contribution in [0.2, 0.25) is 0 Å². The van der Waals surface area contributed by atoms with Gasteiger partial charge in [-0.3, -0.25) is 0 Å². The fraction of sp³-hybridized carbons (Fsp3) is 0.114. The zero-order chi connectivity index (χ0) is 49.3. The molecule has 2 aromatic heterocycles. The number of aromatic nitrogens is 2. The van der Waals surface area contributed by atoms with Crippen molar-refractivity contribution < 1.29 is 0 Å². The molecule has 3 nitrogen and oxygen atoms in total. The first-order chi connectivity index (χ1) is 36.0. The fourth-order valence-electron chi connectivity index (χ4n) is 14.4. The maximum absolute atomic E-state index is 2.69. The first-order valence-corrected chi connectivity index (χ1v) is 26.5. The molecule has 0 bridgehead atoms. The SMILES string of the molecule is CC(C)(C)c1ccc(N2c3ccc(C(C)(C)C)cc3B3c4c2cc(-n2c5cccc6c5c5c7c(cccc7ccc52)-c2ccccc2-6)cc4-n2c4ccc5cccc6c5c4c4c(ccc3c42)-c2ccccc2-6)cc1. The van der Waals surface area contributed by atoms with E-state index in [0.717, 1.165) is 11.4 Å². The van der Waals surface area contributed by atoms with Gasteiger partial charge in [0, 0.05) is 44.3 Å². The minimum atomic E-state index is -0.0514. The van der Waals surface area contributed by atoms with Crippen LogP contribution in [0.1, 0.15) is 52.7 Å². The van der Waals surface area contributed by atoms with Crippen molar-refractivity contribution in [3.63, 3.8) is 0 Å². The standard InChI is InChI=1S/C70H50BN3/c1-69(2,3)41-26-29-43(30-27-41)72-55-35-28-42(70(4,5)6)36-54(55)71-53-32-31-52-48-19-10-8-17-46(48)50-21-12-15-40-25-34-58-66(62(40)50)64(52)68(53)74(58)60-38-44(37-59(72)67(60)71)73-56-23-13-22-51-47-18-9-7-16-45(47)49-20-11-14-39-24-33-57(73)65(61(39)49)63(51)56/h7-38H,1-6H3.